The molecule has 0 spiro atoms. The number of aromatic nitrogens is 2. The zero-order chi connectivity index (χ0) is 21.0. The molecular weight excluding hydrogens is 591 g/mol. The Morgan fingerprint density at radius 2 is 1.90 bits per heavy atom. The lowest BCUT2D eigenvalue weighted by molar-refractivity contribution is -0.123. The lowest BCUT2D eigenvalue weighted by atomic mass is 10.3. The minimum Gasteiger partial charge on any atom is -0.481 e. The quantitative estimate of drug-likeness (QED) is 0.292. The summed E-state index contributed by atoms with van der Waals surface area (Å²) in [6, 6.07) is 13.2. The number of halogens is 4. The standard InChI is InChI=1S/C19H14Br3ClN4O2/c1-11-14(19(23)27(26-11)13-5-3-2-4-6-13)9-24-25-17(28)10-29-18-15(21)7-12(20)8-16(18)22/h2-9H,10H2,1H3,(H,25,28)/b24-9-. The Morgan fingerprint density at radius 1 is 1.24 bits per heavy atom. The van der Waals surface area contributed by atoms with Crippen LogP contribution in [0.5, 0.6) is 5.75 Å². The largest absolute Gasteiger partial charge is 0.481 e. The van der Waals surface area contributed by atoms with Gasteiger partial charge in [-0.3, -0.25) is 4.79 Å². The molecule has 0 bridgehead atoms. The van der Waals surface area contributed by atoms with Gasteiger partial charge in [-0.05, 0) is 63.0 Å². The van der Waals surface area contributed by atoms with Crippen LogP contribution in [0.4, 0.5) is 0 Å². The normalized spacial score (nSPS) is 11.1. The molecular formula is C19H14Br3ClN4O2. The SMILES string of the molecule is Cc1nn(-c2ccccc2)c(Cl)c1/C=N\NC(=O)COc1c(Br)cc(Br)cc1Br. The molecule has 0 saturated carbocycles. The highest BCUT2D eigenvalue weighted by molar-refractivity contribution is 9.11. The zero-order valence-corrected chi connectivity index (χ0v) is 20.5. The minimum atomic E-state index is -0.410. The van der Waals surface area contributed by atoms with Crippen LogP contribution in [-0.2, 0) is 4.79 Å². The van der Waals surface area contributed by atoms with E-state index in [1.165, 1.54) is 6.21 Å². The van der Waals surface area contributed by atoms with Gasteiger partial charge in [-0.15, -0.1) is 0 Å². The van der Waals surface area contributed by atoms with Crippen LogP contribution in [0.2, 0.25) is 5.15 Å². The minimum absolute atomic E-state index is 0.202. The number of nitrogens with zero attached hydrogens (tertiary/aromatic N) is 3. The summed E-state index contributed by atoms with van der Waals surface area (Å²) in [6.07, 6.45) is 1.47. The van der Waals surface area contributed by atoms with Crippen molar-refractivity contribution in [3.05, 3.63) is 72.3 Å². The number of amides is 1. The fraction of sp³-hybridized carbons (Fsp3) is 0.105. The number of rotatable bonds is 6. The third-order valence-electron chi connectivity index (χ3n) is 3.74. The van der Waals surface area contributed by atoms with Gasteiger partial charge in [0.1, 0.15) is 10.9 Å². The number of ether oxygens (including phenoxy) is 1. The topological polar surface area (TPSA) is 68.5 Å². The molecule has 0 radical (unpaired) electrons. The van der Waals surface area contributed by atoms with Crippen LogP contribution >= 0.6 is 59.4 Å². The van der Waals surface area contributed by atoms with Crippen molar-refractivity contribution in [1.82, 2.24) is 15.2 Å². The van der Waals surface area contributed by atoms with E-state index in [9.17, 15) is 4.79 Å². The van der Waals surface area contributed by atoms with Crippen LogP contribution in [0.25, 0.3) is 5.69 Å². The van der Waals surface area contributed by atoms with Crippen LogP contribution in [0.1, 0.15) is 11.3 Å². The first-order valence-corrected chi connectivity index (χ1v) is 11.0. The number of hydrogen-bond donors (Lipinski definition) is 1. The van der Waals surface area contributed by atoms with Gasteiger partial charge in [0, 0.05) is 4.47 Å². The van der Waals surface area contributed by atoms with Crippen molar-refractivity contribution in [1.29, 1.82) is 0 Å². The molecule has 10 heteroatoms. The van der Waals surface area contributed by atoms with E-state index in [1.807, 2.05) is 49.4 Å². The maximum absolute atomic E-state index is 12.0. The Kier molecular flexibility index (Phi) is 7.50. The average molecular weight is 606 g/mol. The molecule has 0 aliphatic rings. The first kappa shape index (κ1) is 22.0. The molecule has 0 fully saturated rings. The second kappa shape index (κ2) is 9.88. The number of hydrogen-bond acceptors (Lipinski definition) is 4. The van der Waals surface area contributed by atoms with Gasteiger partial charge >= 0.3 is 0 Å². The highest BCUT2D eigenvalue weighted by atomic mass is 79.9. The number of benzene rings is 2. The van der Waals surface area contributed by atoms with Crippen LogP contribution in [0.15, 0.2) is 61.0 Å². The first-order valence-electron chi connectivity index (χ1n) is 8.26. The second-order valence-corrected chi connectivity index (χ2v) is 8.80. The molecule has 0 aliphatic heterocycles. The zero-order valence-electron chi connectivity index (χ0n) is 15.0. The summed E-state index contributed by atoms with van der Waals surface area (Å²) in [7, 11) is 0. The molecule has 0 unspecified atom stereocenters. The van der Waals surface area contributed by atoms with E-state index in [2.05, 4.69) is 63.4 Å². The Hall–Kier alpha value is -1.68. The molecule has 29 heavy (non-hydrogen) atoms. The number of para-hydroxylation sites is 1. The van der Waals surface area contributed by atoms with E-state index in [-0.39, 0.29) is 6.61 Å². The first-order chi connectivity index (χ1) is 13.9. The monoisotopic (exact) mass is 602 g/mol. The van der Waals surface area contributed by atoms with Crippen LogP contribution in [0, 0.1) is 6.92 Å². The summed E-state index contributed by atoms with van der Waals surface area (Å²) < 4.78 is 9.47. The van der Waals surface area contributed by atoms with Gasteiger partial charge in [0.2, 0.25) is 0 Å². The number of nitrogens with one attached hydrogen (secondary N) is 1. The van der Waals surface area contributed by atoms with E-state index >= 15 is 0 Å². The van der Waals surface area contributed by atoms with Crippen LogP contribution in [0.3, 0.4) is 0 Å². The molecule has 3 aromatic rings. The summed E-state index contributed by atoms with van der Waals surface area (Å²) in [5.74, 6) is 0.113. The average Bonchev–Trinajstić information content (AvgIpc) is 2.96. The number of carbonyl (C=O) groups excluding carboxylic acids is 1. The Morgan fingerprint density at radius 3 is 2.55 bits per heavy atom. The van der Waals surface area contributed by atoms with E-state index in [0.29, 0.717) is 31.1 Å². The molecule has 1 aromatic heterocycles. The summed E-state index contributed by atoms with van der Waals surface area (Å²) in [6.45, 7) is 1.62. The molecule has 0 saturated heterocycles. The van der Waals surface area contributed by atoms with E-state index in [1.54, 1.807) is 4.68 Å². The number of carbonyl (C=O) groups is 1. The van der Waals surface area contributed by atoms with Crippen molar-refractivity contribution < 1.29 is 9.53 Å². The van der Waals surface area contributed by atoms with Gasteiger partial charge in [-0.1, -0.05) is 45.7 Å². The van der Waals surface area contributed by atoms with Crippen molar-refractivity contribution >= 4 is 71.5 Å². The van der Waals surface area contributed by atoms with Gasteiger partial charge in [0.05, 0.1) is 32.1 Å². The van der Waals surface area contributed by atoms with E-state index in [4.69, 9.17) is 16.3 Å². The van der Waals surface area contributed by atoms with Crippen molar-refractivity contribution in [2.24, 2.45) is 5.10 Å². The van der Waals surface area contributed by atoms with Gasteiger partial charge in [-0.25, -0.2) is 10.1 Å². The molecule has 1 heterocycles. The highest BCUT2D eigenvalue weighted by Crippen LogP contribution is 2.36. The summed E-state index contributed by atoms with van der Waals surface area (Å²) in [5.41, 5.74) is 4.57. The van der Waals surface area contributed by atoms with Gasteiger partial charge in [0.25, 0.3) is 5.91 Å². The van der Waals surface area contributed by atoms with Crippen LogP contribution in [-0.4, -0.2) is 28.5 Å². The lowest BCUT2D eigenvalue weighted by Gasteiger charge is -2.09. The van der Waals surface area contributed by atoms with E-state index < -0.39 is 5.91 Å². The molecule has 1 N–H and O–H groups in total. The predicted molar refractivity (Wildman–Crippen MR) is 124 cm³/mol. The summed E-state index contributed by atoms with van der Waals surface area (Å²) >= 11 is 16.6. The molecule has 2 aromatic carbocycles. The van der Waals surface area contributed by atoms with E-state index in [0.717, 1.165) is 10.2 Å². The van der Waals surface area contributed by atoms with Crippen molar-refractivity contribution in [3.63, 3.8) is 0 Å². The Bertz CT molecular complexity index is 1050. The Labute approximate surface area is 197 Å². The summed E-state index contributed by atoms with van der Waals surface area (Å²) in [5, 5.41) is 8.80. The molecule has 0 atom stereocenters. The second-order valence-electron chi connectivity index (χ2n) is 5.82. The molecule has 150 valence electrons. The van der Waals surface area contributed by atoms with Crippen molar-refractivity contribution in [2.45, 2.75) is 6.92 Å². The fourth-order valence-corrected chi connectivity index (χ4v) is 5.21. The third kappa shape index (κ3) is 5.48. The maximum Gasteiger partial charge on any atom is 0.277 e. The predicted octanol–water partition coefficient (Wildman–Crippen LogP) is 5.65. The molecule has 1 amide bonds. The smallest absolute Gasteiger partial charge is 0.277 e. The van der Waals surface area contributed by atoms with Gasteiger partial charge in [-0.2, -0.15) is 10.2 Å². The van der Waals surface area contributed by atoms with Crippen molar-refractivity contribution in [3.8, 4) is 11.4 Å². The summed E-state index contributed by atoms with van der Waals surface area (Å²) in [4.78, 5) is 12.0. The van der Waals surface area contributed by atoms with Gasteiger partial charge < -0.3 is 4.74 Å². The Balaban J connectivity index is 1.63. The molecule has 0 aliphatic carbocycles. The third-order valence-corrected chi connectivity index (χ3v) is 5.74. The van der Waals surface area contributed by atoms with Crippen LogP contribution < -0.4 is 10.2 Å². The molecule has 3 rings (SSSR count). The van der Waals surface area contributed by atoms with Crippen molar-refractivity contribution in [2.75, 3.05) is 6.61 Å². The fourth-order valence-electron chi connectivity index (χ4n) is 2.40. The highest BCUT2D eigenvalue weighted by Gasteiger charge is 2.13. The maximum atomic E-state index is 12.0. The van der Waals surface area contributed by atoms with Gasteiger partial charge in [0.15, 0.2) is 6.61 Å². The molecule has 6 nitrogen and oxygen atoms in total. The number of aryl methyl sites for hydroxylation is 1. The number of hydrazone groups is 1. The lowest BCUT2D eigenvalue weighted by Crippen LogP contribution is -2.24.